The molecule has 0 aliphatic carbocycles. The molecule has 1 aromatic carbocycles. The molecule has 2 rings (SSSR count). The molecule has 1 aliphatic rings. The van der Waals surface area contributed by atoms with E-state index in [2.05, 4.69) is 10.2 Å². The topological polar surface area (TPSA) is 41.6 Å². The van der Waals surface area contributed by atoms with Crippen molar-refractivity contribution < 1.29 is 9.53 Å². The highest BCUT2D eigenvalue weighted by Gasteiger charge is 2.09. The molecule has 0 aromatic heterocycles. The van der Waals surface area contributed by atoms with E-state index in [9.17, 15) is 4.79 Å². The number of likely N-dealkylation sites (tertiary alicyclic amines) is 1. The highest BCUT2D eigenvalue weighted by atomic mass is 16.5. The Morgan fingerprint density at radius 1 is 1.15 bits per heavy atom. The van der Waals surface area contributed by atoms with Crippen LogP contribution in [-0.2, 0) is 4.79 Å². The molecule has 1 fully saturated rings. The van der Waals surface area contributed by atoms with Crippen LogP contribution in [0.5, 0.6) is 5.75 Å². The van der Waals surface area contributed by atoms with E-state index in [0.29, 0.717) is 0 Å². The summed E-state index contributed by atoms with van der Waals surface area (Å²) in [6.45, 7) is 4.33. The van der Waals surface area contributed by atoms with Gasteiger partial charge in [0.25, 0.3) is 5.91 Å². The van der Waals surface area contributed by atoms with E-state index in [1.807, 2.05) is 30.3 Å². The fraction of sp³-hybridized carbons (Fsp3) is 0.562. The molecule has 0 bridgehead atoms. The number of nitrogens with zero attached hydrogens (tertiary/aromatic N) is 1. The van der Waals surface area contributed by atoms with Crippen molar-refractivity contribution in [1.82, 2.24) is 10.2 Å². The van der Waals surface area contributed by atoms with Gasteiger partial charge in [-0.15, -0.1) is 0 Å². The first-order valence-corrected chi connectivity index (χ1v) is 7.51. The van der Waals surface area contributed by atoms with E-state index in [0.717, 1.165) is 25.3 Å². The molecule has 0 radical (unpaired) electrons. The first kappa shape index (κ1) is 14.9. The zero-order valence-electron chi connectivity index (χ0n) is 12.0. The summed E-state index contributed by atoms with van der Waals surface area (Å²) in [6.07, 6.45) is 5.01. The number of piperidine rings is 1. The van der Waals surface area contributed by atoms with Gasteiger partial charge in [0, 0.05) is 6.54 Å². The summed E-state index contributed by atoms with van der Waals surface area (Å²) in [4.78, 5) is 14.1. The van der Waals surface area contributed by atoms with Crippen LogP contribution in [0.2, 0.25) is 0 Å². The Hall–Kier alpha value is -1.55. The number of hydrogen-bond donors (Lipinski definition) is 1. The van der Waals surface area contributed by atoms with Crippen LogP contribution >= 0.6 is 0 Å². The monoisotopic (exact) mass is 276 g/mol. The van der Waals surface area contributed by atoms with Gasteiger partial charge >= 0.3 is 0 Å². The van der Waals surface area contributed by atoms with E-state index in [1.165, 1.54) is 32.4 Å². The average Bonchev–Trinajstić information content (AvgIpc) is 2.52. The third kappa shape index (κ3) is 5.61. The second kappa shape index (κ2) is 8.59. The molecule has 0 saturated carbocycles. The van der Waals surface area contributed by atoms with E-state index in [-0.39, 0.29) is 12.5 Å². The third-order valence-electron chi connectivity index (χ3n) is 3.54. The first-order chi connectivity index (χ1) is 9.84. The molecule has 20 heavy (non-hydrogen) atoms. The second-order valence-electron chi connectivity index (χ2n) is 5.21. The van der Waals surface area contributed by atoms with Gasteiger partial charge in [-0.05, 0) is 51.0 Å². The van der Waals surface area contributed by atoms with Crippen molar-refractivity contribution in [3.63, 3.8) is 0 Å². The van der Waals surface area contributed by atoms with E-state index < -0.39 is 0 Å². The number of nitrogens with one attached hydrogen (secondary N) is 1. The molecule has 1 heterocycles. The molecule has 110 valence electrons. The number of rotatable bonds is 7. The molecule has 1 saturated heterocycles. The summed E-state index contributed by atoms with van der Waals surface area (Å²) < 4.78 is 5.39. The van der Waals surface area contributed by atoms with Crippen molar-refractivity contribution in [1.29, 1.82) is 0 Å². The molecular weight excluding hydrogens is 252 g/mol. The van der Waals surface area contributed by atoms with E-state index >= 15 is 0 Å². The summed E-state index contributed by atoms with van der Waals surface area (Å²) >= 11 is 0. The van der Waals surface area contributed by atoms with Crippen molar-refractivity contribution in [2.75, 3.05) is 32.8 Å². The minimum atomic E-state index is -0.0486. The number of carbonyl (C=O) groups is 1. The van der Waals surface area contributed by atoms with Crippen LogP contribution in [0.1, 0.15) is 25.7 Å². The van der Waals surface area contributed by atoms with Crippen molar-refractivity contribution in [2.45, 2.75) is 25.7 Å². The highest BCUT2D eigenvalue weighted by molar-refractivity contribution is 5.77. The SMILES string of the molecule is O=C(COc1ccccc1)NCCCN1CCCCC1. The Labute approximate surface area is 121 Å². The molecule has 4 heteroatoms. The van der Waals surface area contributed by atoms with Gasteiger partial charge in [0.05, 0.1) is 0 Å². The zero-order chi connectivity index (χ0) is 14.0. The second-order valence-corrected chi connectivity index (χ2v) is 5.21. The first-order valence-electron chi connectivity index (χ1n) is 7.51. The zero-order valence-corrected chi connectivity index (χ0v) is 12.0. The molecule has 1 aliphatic heterocycles. The summed E-state index contributed by atoms with van der Waals surface area (Å²) in [5.41, 5.74) is 0. The Morgan fingerprint density at radius 3 is 2.65 bits per heavy atom. The normalized spacial score (nSPS) is 15.8. The molecular formula is C16H24N2O2. The van der Waals surface area contributed by atoms with Crippen LogP contribution in [0.4, 0.5) is 0 Å². The molecule has 0 unspecified atom stereocenters. The molecule has 4 nitrogen and oxygen atoms in total. The van der Waals surface area contributed by atoms with Gasteiger partial charge < -0.3 is 15.0 Å². The quantitative estimate of drug-likeness (QED) is 0.775. The summed E-state index contributed by atoms with van der Waals surface area (Å²) in [7, 11) is 0. The lowest BCUT2D eigenvalue weighted by atomic mass is 10.1. The average molecular weight is 276 g/mol. The molecule has 1 amide bonds. The van der Waals surface area contributed by atoms with Crippen LogP contribution in [0, 0.1) is 0 Å². The van der Waals surface area contributed by atoms with Gasteiger partial charge in [-0.1, -0.05) is 24.6 Å². The molecule has 0 spiro atoms. The summed E-state index contributed by atoms with van der Waals surface area (Å²) in [5.74, 6) is 0.684. The number of para-hydroxylation sites is 1. The van der Waals surface area contributed by atoms with Crippen LogP contribution in [0.3, 0.4) is 0 Å². The fourth-order valence-corrected chi connectivity index (χ4v) is 2.43. The molecule has 1 N–H and O–H groups in total. The molecule has 0 atom stereocenters. The third-order valence-corrected chi connectivity index (χ3v) is 3.54. The van der Waals surface area contributed by atoms with Gasteiger partial charge in [0.2, 0.25) is 0 Å². The Morgan fingerprint density at radius 2 is 1.90 bits per heavy atom. The van der Waals surface area contributed by atoms with Gasteiger partial charge in [-0.25, -0.2) is 0 Å². The number of amides is 1. The maximum Gasteiger partial charge on any atom is 0.257 e. The number of hydrogen-bond acceptors (Lipinski definition) is 3. The fourth-order valence-electron chi connectivity index (χ4n) is 2.43. The standard InChI is InChI=1S/C16H24N2O2/c19-16(14-20-15-8-3-1-4-9-15)17-10-7-13-18-11-5-2-6-12-18/h1,3-4,8-9H,2,5-7,10-14H2,(H,17,19). The maximum atomic E-state index is 11.6. The van der Waals surface area contributed by atoms with Crippen molar-refractivity contribution in [3.8, 4) is 5.75 Å². The Balaban J connectivity index is 1.51. The lowest BCUT2D eigenvalue weighted by Gasteiger charge is -2.26. The predicted octanol–water partition coefficient (Wildman–Crippen LogP) is 2.06. The van der Waals surface area contributed by atoms with Crippen LogP contribution in [-0.4, -0.2) is 43.6 Å². The van der Waals surface area contributed by atoms with Gasteiger partial charge in [0.15, 0.2) is 6.61 Å². The minimum absolute atomic E-state index is 0.0486. The predicted molar refractivity (Wildman–Crippen MR) is 79.9 cm³/mol. The lowest BCUT2D eigenvalue weighted by Crippen LogP contribution is -2.34. The summed E-state index contributed by atoms with van der Waals surface area (Å²) in [6, 6.07) is 9.42. The number of carbonyl (C=O) groups excluding carboxylic acids is 1. The highest BCUT2D eigenvalue weighted by Crippen LogP contribution is 2.08. The van der Waals surface area contributed by atoms with Gasteiger partial charge in [-0.2, -0.15) is 0 Å². The van der Waals surface area contributed by atoms with Crippen LogP contribution in [0.15, 0.2) is 30.3 Å². The Kier molecular flexibility index (Phi) is 6.38. The van der Waals surface area contributed by atoms with Gasteiger partial charge in [0.1, 0.15) is 5.75 Å². The smallest absolute Gasteiger partial charge is 0.257 e. The molecule has 1 aromatic rings. The van der Waals surface area contributed by atoms with E-state index in [4.69, 9.17) is 4.74 Å². The lowest BCUT2D eigenvalue weighted by molar-refractivity contribution is -0.123. The number of benzene rings is 1. The van der Waals surface area contributed by atoms with Crippen molar-refractivity contribution >= 4 is 5.91 Å². The van der Waals surface area contributed by atoms with Crippen LogP contribution < -0.4 is 10.1 Å². The largest absolute Gasteiger partial charge is 0.484 e. The summed E-state index contributed by atoms with van der Waals surface area (Å²) in [5, 5.41) is 2.90. The Bertz CT molecular complexity index is 389. The maximum absolute atomic E-state index is 11.6. The van der Waals surface area contributed by atoms with E-state index in [1.54, 1.807) is 0 Å². The number of ether oxygens (including phenoxy) is 1. The van der Waals surface area contributed by atoms with Crippen LogP contribution in [0.25, 0.3) is 0 Å². The van der Waals surface area contributed by atoms with Crippen molar-refractivity contribution in [2.24, 2.45) is 0 Å². The minimum Gasteiger partial charge on any atom is -0.484 e. The van der Waals surface area contributed by atoms with Crippen molar-refractivity contribution in [3.05, 3.63) is 30.3 Å². The van der Waals surface area contributed by atoms with Gasteiger partial charge in [-0.3, -0.25) is 4.79 Å².